The number of unbranched alkanes of at least 4 members (excludes halogenated alkanes) is 1. The van der Waals surface area contributed by atoms with Crippen molar-refractivity contribution in [1.29, 1.82) is 0 Å². The maximum absolute atomic E-state index is 4.79. The van der Waals surface area contributed by atoms with Crippen LogP contribution in [0.25, 0.3) is 0 Å². The summed E-state index contributed by atoms with van der Waals surface area (Å²) in [5.74, 6) is 0.925. The van der Waals surface area contributed by atoms with Gasteiger partial charge in [-0.05, 0) is 66.1 Å². The number of nitrogens with one attached hydrogen (secondary N) is 2. The molecule has 0 radical (unpaired) electrons. The van der Waals surface area contributed by atoms with Gasteiger partial charge in [0.25, 0.3) is 0 Å². The van der Waals surface area contributed by atoms with Crippen LogP contribution in [0, 0.1) is 13.8 Å². The fourth-order valence-electron chi connectivity index (χ4n) is 3.73. The molecule has 0 amide bonds. The Morgan fingerprint density at radius 1 is 1.14 bits per heavy atom. The lowest BCUT2D eigenvalue weighted by Gasteiger charge is -2.32. The number of aliphatic imine (C=N–C) groups is 1. The van der Waals surface area contributed by atoms with Crippen molar-refractivity contribution in [2.24, 2.45) is 12.0 Å². The number of aryl methyl sites for hydroxylation is 2. The topological polar surface area (TPSA) is 60.7 Å². The number of piperazine rings is 1. The second-order valence-corrected chi connectivity index (χ2v) is 8.14. The zero-order valence-electron chi connectivity index (χ0n) is 18.9. The number of hydrogen-bond donors (Lipinski definition) is 2. The van der Waals surface area contributed by atoms with Crippen molar-refractivity contribution in [1.82, 2.24) is 30.2 Å². The van der Waals surface area contributed by atoms with E-state index in [0.717, 1.165) is 37.6 Å². The van der Waals surface area contributed by atoms with Gasteiger partial charge in [-0.15, -0.1) is 0 Å². The van der Waals surface area contributed by atoms with E-state index in [2.05, 4.69) is 60.3 Å². The van der Waals surface area contributed by atoms with Gasteiger partial charge in [-0.3, -0.25) is 9.67 Å². The van der Waals surface area contributed by atoms with Crippen LogP contribution in [0.1, 0.15) is 43.6 Å². The van der Waals surface area contributed by atoms with Crippen LogP contribution in [0.2, 0.25) is 0 Å². The molecule has 0 bridgehead atoms. The normalized spacial score (nSPS) is 17.7. The van der Waals surface area contributed by atoms with Crippen LogP contribution in [0.4, 0.5) is 0 Å². The van der Waals surface area contributed by atoms with Crippen molar-refractivity contribution in [3.63, 3.8) is 0 Å². The van der Waals surface area contributed by atoms with Gasteiger partial charge in [-0.2, -0.15) is 5.10 Å². The van der Waals surface area contributed by atoms with Crippen molar-refractivity contribution < 1.29 is 0 Å². The maximum atomic E-state index is 4.79. The quantitative estimate of drug-likeness (QED) is 0.380. The molecule has 1 aliphatic heterocycles. The molecule has 160 valence electrons. The third kappa shape index (κ3) is 7.09. The number of guanidine groups is 1. The Balaban J connectivity index is 1.74. The zero-order chi connectivity index (χ0) is 20.5. The van der Waals surface area contributed by atoms with Crippen LogP contribution < -0.4 is 10.6 Å². The average Bonchev–Trinajstić information content (AvgIpc) is 2.89. The van der Waals surface area contributed by atoms with E-state index in [9.17, 15) is 0 Å². The molecule has 1 aromatic heterocycles. The van der Waals surface area contributed by atoms with E-state index < -0.39 is 0 Å². The van der Waals surface area contributed by atoms with Crippen LogP contribution in [0.5, 0.6) is 0 Å². The lowest BCUT2D eigenvalue weighted by atomic mass is 10.1. The summed E-state index contributed by atoms with van der Waals surface area (Å²) in [6.45, 7) is 16.3. The standard InChI is InChI=1S/C21H41N7/c1-7-22-21(23-10-8-9-11-28-14-12-26(5)13-15-28)24-17(2)16-20-18(3)25-27(6)19(20)4/h17H,7-16H2,1-6H3,(H2,22,23,24). The number of nitrogens with zero attached hydrogens (tertiary/aromatic N) is 5. The largest absolute Gasteiger partial charge is 0.357 e. The van der Waals surface area contributed by atoms with Crippen molar-refractivity contribution >= 4 is 5.96 Å². The third-order valence-corrected chi connectivity index (χ3v) is 5.64. The van der Waals surface area contributed by atoms with Gasteiger partial charge < -0.3 is 20.4 Å². The maximum Gasteiger partial charge on any atom is 0.191 e. The smallest absolute Gasteiger partial charge is 0.191 e. The molecule has 2 rings (SSSR count). The molecule has 1 saturated heterocycles. The third-order valence-electron chi connectivity index (χ3n) is 5.64. The molecule has 1 atom stereocenters. The van der Waals surface area contributed by atoms with Gasteiger partial charge in [0.1, 0.15) is 0 Å². The lowest BCUT2D eigenvalue weighted by molar-refractivity contribution is 0.152. The van der Waals surface area contributed by atoms with E-state index in [1.165, 1.54) is 50.4 Å². The Bertz CT molecular complexity index is 615. The van der Waals surface area contributed by atoms with Crippen LogP contribution in [0.3, 0.4) is 0 Å². The second kappa shape index (κ2) is 11.4. The number of aromatic nitrogens is 2. The summed E-state index contributed by atoms with van der Waals surface area (Å²) in [4.78, 5) is 9.77. The van der Waals surface area contributed by atoms with E-state index in [1.807, 2.05) is 11.7 Å². The Labute approximate surface area is 171 Å². The fourth-order valence-corrected chi connectivity index (χ4v) is 3.73. The van der Waals surface area contributed by atoms with E-state index >= 15 is 0 Å². The molecule has 2 heterocycles. The second-order valence-electron chi connectivity index (χ2n) is 8.14. The van der Waals surface area contributed by atoms with Crippen molar-refractivity contribution in [3.05, 3.63) is 17.0 Å². The molecule has 0 spiro atoms. The summed E-state index contributed by atoms with van der Waals surface area (Å²) >= 11 is 0. The molecule has 2 N–H and O–H groups in total. The first-order chi connectivity index (χ1) is 13.4. The van der Waals surface area contributed by atoms with Crippen molar-refractivity contribution in [3.8, 4) is 0 Å². The highest BCUT2D eigenvalue weighted by Crippen LogP contribution is 2.14. The highest BCUT2D eigenvalue weighted by Gasteiger charge is 2.14. The van der Waals surface area contributed by atoms with Gasteiger partial charge in [0.2, 0.25) is 0 Å². The summed E-state index contributed by atoms with van der Waals surface area (Å²) < 4.78 is 1.97. The lowest BCUT2D eigenvalue weighted by Crippen LogP contribution is -2.44. The molecule has 1 fully saturated rings. The molecule has 1 unspecified atom stereocenters. The van der Waals surface area contributed by atoms with E-state index in [1.54, 1.807) is 0 Å². The van der Waals surface area contributed by atoms with E-state index in [4.69, 9.17) is 4.99 Å². The minimum Gasteiger partial charge on any atom is -0.357 e. The molecular weight excluding hydrogens is 350 g/mol. The predicted octanol–water partition coefficient (Wildman–Crippen LogP) is 1.55. The first-order valence-corrected chi connectivity index (χ1v) is 10.9. The van der Waals surface area contributed by atoms with Gasteiger partial charge in [0, 0.05) is 58.1 Å². The van der Waals surface area contributed by atoms with Crippen LogP contribution in [-0.4, -0.2) is 84.4 Å². The molecule has 1 aliphatic rings. The van der Waals surface area contributed by atoms with E-state index in [0.29, 0.717) is 6.04 Å². The summed E-state index contributed by atoms with van der Waals surface area (Å²) in [5.41, 5.74) is 3.71. The highest BCUT2D eigenvalue weighted by molar-refractivity contribution is 5.80. The van der Waals surface area contributed by atoms with Crippen molar-refractivity contribution in [2.75, 3.05) is 52.9 Å². The molecule has 28 heavy (non-hydrogen) atoms. The van der Waals surface area contributed by atoms with Crippen LogP contribution in [-0.2, 0) is 13.5 Å². The Hall–Kier alpha value is -1.60. The Morgan fingerprint density at radius 2 is 1.86 bits per heavy atom. The molecule has 0 aromatic carbocycles. The number of rotatable bonds is 9. The molecule has 7 heteroatoms. The van der Waals surface area contributed by atoms with Gasteiger partial charge >= 0.3 is 0 Å². The fraction of sp³-hybridized carbons (Fsp3) is 0.810. The first kappa shape index (κ1) is 22.7. The minimum atomic E-state index is 0.310. The van der Waals surface area contributed by atoms with Crippen LogP contribution >= 0.6 is 0 Å². The molecule has 0 aliphatic carbocycles. The summed E-state index contributed by atoms with van der Waals surface area (Å²) in [6.07, 6.45) is 3.31. The number of likely N-dealkylation sites (N-methyl/N-ethyl adjacent to an activating group) is 1. The van der Waals surface area contributed by atoms with Gasteiger partial charge in [0.15, 0.2) is 5.96 Å². The predicted molar refractivity (Wildman–Crippen MR) is 118 cm³/mol. The van der Waals surface area contributed by atoms with Gasteiger partial charge in [-0.1, -0.05) is 0 Å². The molecule has 0 saturated carbocycles. The summed E-state index contributed by atoms with van der Waals surface area (Å²) in [5, 5.41) is 11.5. The van der Waals surface area contributed by atoms with Crippen molar-refractivity contribution in [2.45, 2.75) is 53.0 Å². The molecular formula is C21H41N7. The van der Waals surface area contributed by atoms with Gasteiger partial charge in [-0.25, -0.2) is 0 Å². The summed E-state index contributed by atoms with van der Waals surface area (Å²) in [6, 6.07) is 0.310. The Kier molecular flexibility index (Phi) is 9.25. The SMILES string of the molecule is CCNC(=NCCCCN1CCN(C)CC1)NC(C)Cc1c(C)nn(C)c1C. The average molecular weight is 392 g/mol. The van der Waals surface area contributed by atoms with Gasteiger partial charge in [0.05, 0.1) is 5.69 Å². The van der Waals surface area contributed by atoms with Crippen LogP contribution in [0.15, 0.2) is 4.99 Å². The molecule has 7 nitrogen and oxygen atoms in total. The summed E-state index contributed by atoms with van der Waals surface area (Å²) in [7, 11) is 4.22. The highest BCUT2D eigenvalue weighted by atomic mass is 15.3. The molecule has 1 aromatic rings. The first-order valence-electron chi connectivity index (χ1n) is 10.9. The number of hydrogen-bond acceptors (Lipinski definition) is 4. The minimum absolute atomic E-state index is 0.310. The Morgan fingerprint density at radius 3 is 2.46 bits per heavy atom. The monoisotopic (exact) mass is 391 g/mol. The zero-order valence-corrected chi connectivity index (χ0v) is 18.9. The van der Waals surface area contributed by atoms with E-state index in [-0.39, 0.29) is 0 Å².